The largest absolute Gasteiger partial charge is 0.491 e. The van der Waals surface area contributed by atoms with Gasteiger partial charge in [-0.1, -0.05) is 42.5 Å². The molecular weight excluding hydrogens is 612 g/mol. The standard InChI is InChI=1S/C41H56N4O4/c1-45(2)39-7-4-3-6-35(39)29-43-17-5-16-42-28-31-8-12-38(13-9-31)49-30-40(46)44-18-19-47-20-21-48-37-14-10-36(11-15-37)41-25-32-22-33(26-41)24-34(23-32)27-41/h3-4,6-15,32-34,42-43H,5,16-30H2,1-2H3,(H,44,46). The number of hydrogen-bond donors (Lipinski definition) is 3. The minimum atomic E-state index is -0.163. The molecule has 0 radical (unpaired) electrons. The minimum Gasteiger partial charge on any atom is -0.491 e. The third-order valence-electron chi connectivity index (χ3n) is 10.7. The van der Waals surface area contributed by atoms with Crippen molar-refractivity contribution < 1.29 is 19.0 Å². The van der Waals surface area contributed by atoms with E-state index in [4.69, 9.17) is 14.2 Å². The van der Waals surface area contributed by atoms with Crippen molar-refractivity contribution in [1.29, 1.82) is 0 Å². The molecule has 3 N–H and O–H groups in total. The van der Waals surface area contributed by atoms with Crippen LogP contribution < -0.4 is 30.3 Å². The summed E-state index contributed by atoms with van der Waals surface area (Å²) in [7, 11) is 4.16. The molecule has 0 aromatic heterocycles. The van der Waals surface area contributed by atoms with Crippen LogP contribution in [0.25, 0.3) is 0 Å². The summed E-state index contributed by atoms with van der Waals surface area (Å²) in [5.74, 6) is 4.27. The fourth-order valence-corrected chi connectivity index (χ4v) is 8.75. The summed E-state index contributed by atoms with van der Waals surface area (Å²) in [5, 5.41) is 9.89. The van der Waals surface area contributed by atoms with Crippen LogP contribution in [0.3, 0.4) is 0 Å². The molecule has 3 aromatic carbocycles. The lowest BCUT2D eigenvalue weighted by atomic mass is 9.48. The summed E-state index contributed by atoms with van der Waals surface area (Å²) >= 11 is 0. The van der Waals surface area contributed by atoms with Crippen molar-refractivity contribution in [3.05, 3.63) is 89.5 Å². The maximum atomic E-state index is 12.2. The molecule has 3 aromatic rings. The highest BCUT2D eigenvalue weighted by Gasteiger charge is 2.51. The molecule has 4 saturated carbocycles. The van der Waals surface area contributed by atoms with Crippen molar-refractivity contribution in [3.63, 3.8) is 0 Å². The van der Waals surface area contributed by atoms with Gasteiger partial charge in [-0.25, -0.2) is 0 Å². The number of rotatable bonds is 20. The number of ether oxygens (including phenoxy) is 3. The normalized spacial score (nSPS) is 22.2. The van der Waals surface area contributed by atoms with Gasteiger partial charge in [-0.05, 0) is 128 Å². The second-order valence-corrected chi connectivity index (χ2v) is 14.7. The molecule has 4 fully saturated rings. The van der Waals surface area contributed by atoms with Gasteiger partial charge in [-0.3, -0.25) is 4.79 Å². The number of nitrogens with one attached hydrogen (secondary N) is 3. The molecular formula is C41H56N4O4. The number of carbonyl (C=O) groups excluding carboxylic acids is 1. The Balaban J connectivity index is 0.763. The number of nitrogens with zero attached hydrogens (tertiary/aromatic N) is 1. The molecule has 0 aliphatic heterocycles. The predicted octanol–water partition coefficient (Wildman–Crippen LogP) is 6.08. The third kappa shape index (κ3) is 9.99. The first-order valence-corrected chi connectivity index (χ1v) is 18.4. The van der Waals surface area contributed by atoms with Gasteiger partial charge in [0.1, 0.15) is 18.1 Å². The van der Waals surface area contributed by atoms with Crippen LogP contribution in [0.1, 0.15) is 61.6 Å². The molecule has 0 unspecified atom stereocenters. The van der Waals surface area contributed by atoms with Gasteiger partial charge in [0.2, 0.25) is 0 Å². The second-order valence-electron chi connectivity index (χ2n) is 14.7. The van der Waals surface area contributed by atoms with E-state index in [1.807, 2.05) is 24.3 Å². The Bertz CT molecular complexity index is 1420. The molecule has 0 saturated heterocycles. The fourth-order valence-electron chi connectivity index (χ4n) is 8.75. The Morgan fingerprint density at radius 3 is 2.06 bits per heavy atom. The number of anilines is 1. The number of para-hydroxylation sites is 1. The minimum absolute atomic E-state index is 0.0218. The van der Waals surface area contributed by atoms with Gasteiger partial charge in [-0.2, -0.15) is 0 Å². The van der Waals surface area contributed by atoms with Gasteiger partial charge in [0.25, 0.3) is 5.91 Å². The van der Waals surface area contributed by atoms with E-state index in [2.05, 4.69) is 83.5 Å². The Kier molecular flexibility index (Phi) is 12.5. The monoisotopic (exact) mass is 668 g/mol. The van der Waals surface area contributed by atoms with E-state index in [1.165, 1.54) is 60.9 Å². The SMILES string of the molecule is CN(C)c1ccccc1CNCCCNCc1ccc(OCC(=O)NCCOCCOc2ccc(C34CC5CC(CC(C5)C3)C4)cc2)cc1. The average molecular weight is 669 g/mol. The van der Waals surface area contributed by atoms with E-state index >= 15 is 0 Å². The molecule has 1 amide bonds. The van der Waals surface area contributed by atoms with Gasteiger partial charge in [0, 0.05) is 39.4 Å². The number of carbonyl (C=O) groups is 1. The lowest BCUT2D eigenvalue weighted by molar-refractivity contribution is -0.123. The Morgan fingerprint density at radius 2 is 1.37 bits per heavy atom. The Hall–Kier alpha value is -3.59. The molecule has 4 bridgehead atoms. The smallest absolute Gasteiger partial charge is 0.258 e. The van der Waals surface area contributed by atoms with E-state index in [-0.39, 0.29) is 12.5 Å². The summed E-state index contributed by atoms with van der Waals surface area (Å²) in [6.07, 6.45) is 9.62. The van der Waals surface area contributed by atoms with Crippen molar-refractivity contribution in [2.45, 2.75) is 63.5 Å². The summed E-state index contributed by atoms with van der Waals surface area (Å²) in [4.78, 5) is 14.4. The van der Waals surface area contributed by atoms with Crippen molar-refractivity contribution in [2.24, 2.45) is 17.8 Å². The van der Waals surface area contributed by atoms with E-state index in [9.17, 15) is 4.79 Å². The maximum absolute atomic E-state index is 12.2. The highest BCUT2D eigenvalue weighted by molar-refractivity contribution is 5.77. The summed E-state index contributed by atoms with van der Waals surface area (Å²) < 4.78 is 17.3. The Morgan fingerprint density at radius 1 is 0.735 bits per heavy atom. The van der Waals surface area contributed by atoms with Crippen LogP contribution in [0.2, 0.25) is 0 Å². The van der Waals surface area contributed by atoms with E-state index < -0.39 is 0 Å². The fraction of sp³-hybridized carbons (Fsp3) is 0.537. The van der Waals surface area contributed by atoms with Crippen LogP contribution in [-0.4, -0.2) is 66.1 Å². The first kappa shape index (κ1) is 35.2. The lowest BCUT2D eigenvalue weighted by Crippen LogP contribution is -2.48. The van der Waals surface area contributed by atoms with Crippen molar-refractivity contribution in [2.75, 3.05) is 65.1 Å². The van der Waals surface area contributed by atoms with Crippen molar-refractivity contribution in [1.82, 2.24) is 16.0 Å². The zero-order chi connectivity index (χ0) is 33.9. The molecule has 4 aliphatic rings. The highest BCUT2D eigenvalue weighted by Crippen LogP contribution is 2.60. The molecule has 49 heavy (non-hydrogen) atoms. The summed E-state index contributed by atoms with van der Waals surface area (Å²) in [6.45, 7) is 5.38. The third-order valence-corrected chi connectivity index (χ3v) is 10.7. The first-order valence-electron chi connectivity index (χ1n) is 18.4. The van der Waals surface area contributed by atoms with Crippen molar-refractivity contribution in [3.8, 4) is 11.5 Å². The van der Waals surface area contributed by atoms with Crippen LogP contribution in [0.15, 0.2) is 72.8 Å². The lowest BCUT2D eigenvalue weighted by Gasteiger charge is -2.57. The van der Waals surface area contributed by atoms with Crippen LogP contribution in [-0.2, 0) is 28.0 Å². The number of benzene rings is 3. The van der Waals surface area contributed by atoms with Crippen LogP contribution in [0.5, 0.6) is 11.5 Å². The summed E-state index contributed by atoms with van der Waals surface area (Å²) in [5.41, 5.74) is 5.70. The van der Waals surface area contributed by atoms with Crippen LogP contribution >= 0.6 is 0 Å². The molecule has 0 atom stereocenters. The molecule has 264 valence electrons. The molecule has 0 spiro atoms. The first-order chi connectivity index (χ1) is 24.0. The van der Waals surface area contributed by atoms with E-state index in [0.29, 0.717) is 37.5 Å². The molecule has 8 heteroatoms. The zero-order valence-electron chi connectivity index (χ0n) is 29.6. The maximum Gasteiger partial charge on any atom is 0.258 e. The van der Waals surface area contributed by atoms with Crippen LogP contribution in [0, 0.1) is 17.8 Å². The van der Waals surface area contributed by atoms with Gasteiger partial charge < -0.3 is 35.1 Å². The summed E-state index contributed by atoms with van der Waals surface area (Å²) in [6, 6.07) is 25.3. The molecule has 0 heterocycles. The van der Waals surface area contributed by atoms with Crippen LogP contribution in [0.4, 0.5) is 5.69 Å². The number of amides is 1. The quantitative estimate of drug-likeness (QED) is 0.126. The van der Waals surface area contributed by atoms with Gasteiger partial charge in [0.15, 0.2) is 6.61 Å². The topological polar surface area (TPSA) is 84.1 Å². The zero-order valence-corrected chi connectivity index (χ0v) is 29.6. The second kappa shape index (κ2) is 17.4. The molecule has 8 nitrogen and oxygen atoms in total. The van der Waals surface area contributed by atoms with E-state index in [1.54, 1.807) is 0 Å². The average Bonchev–Trinajstić information content (AvgIpc) is 3.10. The molecule has 7 rings (SSSR count). The van der Waals surface area contributed by atoms with E-state index in [0.717, 1.165) is 56.1 Å². The van der Waals surface area contributed by atoms with Crippen molar-refractivity contribution >= 4 is 11.6 Å². The predicted molar refractivity (Wildman–Crippen MR) is 196 cm³/mol. The number of hydrogen-bond acceptors (Lipinski definition) is 7. The van der Waals surface area contributed by atoms with Gasteiger partial charge in [0.05, 0.1) is 13.2 Å². The van der Waals surface area contributed by atoms with Gasteiger partial charge in [-0.15, -0.1) is 0 Å². The molecule has 4 aliphatic carbocycles. The Labute approximate surface area is 293 Å². The van der Waals surface area contributed by atoms with Gasteiger partial charge >= 0.3 is 0 Å². The highest BCUT2D eigenvalue weighted by atomic mass is 16.5.